The lowest BCUT2D eigenvalue weighted by atomic mass is 10.0. The molecule has 6 heteroatoms. The quantitative estimate of drug-likeness (QED) is 0.792. The van der Waals surface area contributed by atoms with E-state index < -0.39 is 25.2 Å². The summed E-state index contributed by atoms with van der Waals surface area (Å²) in [6.45, 7) is -1.33. The van der Waals surface area contributed by atoms with Crippen LogP contribution in [0.1, 0.15) is 22.3 Å². The van der Waals surface area contributed by atoms with Crippen molar-refractivity contribution in [2.75, 3.05) is 19.8 Å². The molecule has 0 aromatic heterocycles. The summed E-state index contributed by atoms with van der Waals surface area (Å²) in [5.41, 5.74) is 1.26. The molecular weight excluding hydrogens is 261 g/mol. The largest absolute Gasteiger partial charge is 0.493 e. The Balaban J connectivity index is 1.96. The van der Waals surface area contributed by atoms with Gasteiger partial charge in [-0.15, -0.1) is 0 Å². The first-order valence-corrected chi connectivity index (χ1v) is 5.89. The molecular formula is C13H13F3O3. The maximum absolute atomic E-state index is 11.9. The number of alkyl halides is 3. The molecule has 1 aliphatic rings. The number of Topliss-reactive ketones (excluding diaryl/α,β-unsaturated/α-hetero) is 1. The highest BCUT2D eigenvalue weighted by Crippen LogP contribution is 2.25. The van der Waals surface area contributed by atoms with E-state index in [2.05, 4.69) is 4.74 Å². The van der Waals surface area contributed by atoms with Crippen molar-refractivity contribution in [3.63, 3.8) is 0 Å². The fourth-order valence-electron chi connectivity index (χ4n) is 1.88. The van der Waals surface area contributed by atoms with Gasteiger partial charge in [-0.1, -0.05) is 0 Å². The summed E-state index contributed by atoms with van der Waals surface area (Å²) in [6, 6.07) is 4.88. The Bertz CT molecular complexity index is 469. The van der Waals surface area contributed by atoms with Crippen LogP contribution in [0.5, 0.6) is 5.75 Å². The van der Waals surface area contributed by atoms with Crippen molar-refractivity contribution in [2.45, 2.75) is 19.0 Å². The number of halogens is 3. The molecule has 0 spiro atoms. The second-order valence-corrected chi connectivity index (χ2v) is 4.31. The van der Waals surface area contributed by atoms with Crippen LogP contribution in [-0.4, -0.2) is 31.8 Å². The third-order valence-corrected chi connectivity index (χ3v) is 2.73. The van der Waals surface area contributed by atoms with Crippen molar-refractivity contribution >= 4 is 5.78 Å². The Kier molecular flexibility index (Phi) is 4.09. The summed E-state index contributed by atoms with van der Waals surface area (Å²) < 4.78 is 45.4. The lowest BCUT2D eigenvalue weighted by Gasteiger charge is -2.17. The Morgan fingerprint density at radius 2 is 2.16 bits per heavy atom. The molecule has 0 unspecified atom stereocenters. The first-order chi connectivity index (χ1) is 8.96. The highest BCUT2D eigenvalue weighted by molar-refractivity contribution is 5.97. The number of rotatable bonds is 4. The number of ether oxygens (including phenoxy) is 2. The number of ketones is 1. The second-order valence-electron chi connectivity index (χ2n) is 4.31. The van der Waals surface area contributed by atoms with Crippen molar-refractivity contribution < 1.29 is 27.4 Å². The van der Waals surface area contributed by atoms with E-state index in [-0.39, 0.29) is 0 Å². The van der Waals surface area contributed by atoms with E-state index in [4.69, 9.17) is 4.74 Å². The fourth-order valence-corrected chi connectivity index (χ4v) is 1.88. The van der Waals surface area contributed by atoms with Gasteiger partial charge in [0, 0.05) is 5.56 Å². The molecule has 0 saturated heterocycles. The van der Waals surface area contributed by atoms with Gasteiger partial charge in [0.1, 0.15) is 19.0 Å². The third-order valence-electron chi connectivity index (χ3n) is 2.73. The van der Waals surface area contributed by atoms with Crippen LogP contribution in [0.4, 0.5) is 13.2 Å². The summed E-state index contributed by atoms with van der Waals surface area (Å²) in [7, 11) is 0. The van der Waals surface area contributed by atoms with Crippen LogP contribution < -0.4 is 4.74 Å². The molecule has 0 radical (unpaired) electrons. The van der Waals surface area contributed by atoms with Crippen LogP contribution in [-0.2, 0) is 11.2 Å². The first-order valence-electron chi connectivity index (χ1n) is 5.89. The molecule has 0 N–H and O–H groups in total. The van der Waals surface area contributed by atoms with E-state index in [0.29, 0.717) is 12.2 Å². The first kappa shape index (κ1) is 13.9. The number of carbonyl (C=O) groups is 1. The number of benzene rings is 1. The zero-order valence-corrected chi connectivity index (χ0v) is 10.1. The van der Waals surface area contributed by atoms with Gasteiger partial charge in [-0.25, -0.2) is 0 Å². The number of fused-ring (bicyclic) bond motifs is 1. The molecule has 0 saturated carbocycles. The van der Waals surface area contributed by atoms with Crippen LogP contribution in [0, 0.1) is 0 Å². The molecule has 1 aromatic rings. The van der Waals surface area contributed by atoms with Gasteiger partial charge in [0.15, 0.2) is 5.78 Å². The van der Waals surface area contributed by atoms with Gasteiger partial charge in [-0.3, -0.25) is 4.79 Å². The molecule has 19 heavy (non-hydrogen) atoms. The maximum atomic E-state index is 11.9. The number of aryl methyl sites for hydroxylation is 1. The van der Waals surface area contributed by atoms with Crippen molar-refractivity contribution in [3.05, 3.63) is 29.3 Å². The molecule has 2 rings (SSSR count). The summed E-state index contributed by atoms with van der Waals surface area (Å²) >= 11 is 0. The van der Waals surface area contributed by atoms with Gasteiger partial charge in [-0.05, 0) is 36.6 Å². The number of carbonyl (C=O) groups excluding carboxylic acids is 1. The van der Waals surface area contributed by atoms with Gasteiger partial charge < -0.3 is 9.47 Å². The molecule has 0 fully saturated rings. The zero-order valence-electron chi connectivity index (χ0n) is 10.1. The highest BCUT2D eigenvalue weighted by atomic mass is 19.4. The molecule has 1 aromatic carbocycles. The van der Waals surface area contributed by atoms with E-state index in [1.165, 1.54) is 0 Å². The lowest BCUT2D eigenvalue weighted by molar-refractivity contribution is -0.170. The molecule has 3 nitrogen and oxygen atoms in total. The standard InChI is InChI=1S/C13H13F3O3/c14-13(15,16)8-18-7-11(17)9-3-4-12-10(6-9)2-1-5-19-12/h3-4,6H,1-2,5,7-8H2. The number of hydrogen-bond donors (Lipinski definition) is 0. The normalized spacial score (nSPS) is 14.7. The Labute approximate surface area is 108 Å². The van der Waals surface area contributed by atoms with Gasteiger partial charge in [0.25, 0.3) is 0 Å². The molecule has 0 bridgehead atoms. The van der Waals surface area contributed by atoms with E-state index >= 15 is 0 Å². The summed E-state index contributed by atoms with van der Waals surface area (Å²) in [5, 5.41) is 0. The van der Waals surface area contributed by atoms with Crippen LogP contribution in [0.2, 0.25) is 0 Å². The summed E-state index contributed by atoms with van der Waals surface area (Å²) in [4.78, 5) is 11.7. The molecule has 0 aliphatic carbocycles. The maximum Gasteiger partial charge on any atom is 0.411 e. The monoisotopic (exact) mass is 274 g/mol. The Morgan fingerprint density at radius 3 is 2.89 bits per heavy atom. The van der Waals surface area contributed by atoms with Crippen LogP contribution in [0.3, 0.4) is 0 Å². The SMILES string of the molecule is O=C(COCC(F)(F)F)c1ccc2c(c1)CCCO2. The van der Waals surface area contributed by atoms with Crippen molar-refractivity contribution in [1.82, 2.24) is 0 Å². The minimum absolute atomic E-state index is 0.353. The van der Waals surface area contributed by atoms with Crippen molar-refractivity contribution in [1.29, 1.82) is 0 Å². The topological polar surface area (TPSA) is 35.5 Å². The molecule has 0 amide bonds. The Hall–Kier alpha value is -1.56. The smallest absolute Gasteiger partial charge is 0.411 e. The second kappa shape index (κ2) is 5.61. The zero-order chi connectivity index (χ0) is 13.9. The van der Waals surface area contributed by atoms with E-state index in [1.807, 2.05) is 0 Å². The van der Waals surface area contributed by atoms with Gasteiger partial charge in [0.05, 0.1) is 6.61 Å². The average Bonchev–Trinajstić information content (AvgIpc) is 2.36. The van der Waals surface area contributed by atoms with Crippen LogP contribution in [0.15, 0.2) is 18.2 Å². The molecule has 104 valence electrons. The molecule has 1 aliphatic heterocycles. The fraction of sp³-hybridized carbons (Fsp3) is 0.462. The highest BCUT2D eigenvalue weighted by Gasteiger charge is 2.28. The molecule has 1 heterocycles. The van der Waals surface area contributed by atoms with E-state index in [0.717, 1.165) is 24.2 Å². The van der Waals surface area contributed by atoms with Gasteiger partial charge >= 0.3 is 6.18 Å². The predicted octanol–water partition coefficient (Wildman–Crippen LogP) is 2.77. The van der Waals surface area contributed by atoms with Crippen LogP contribution >= 0.6 is 0 Å². The predicted molar refractivity (Wildman–Crippen MR) is 61.5 cm³/mol. The van der Waals surface area contributed by atoms with Gasteiger partial charge in [0.2, 0.25) is 0 Å². The third kappa shape index (κ3) is 3.96. The Morgan fingerprint density at radius 1 is 1.37 bits per heavy atom. The summed E-state index contributed by atoms with van der Waals surface area (Å²) in [5.74, 6) is 0.275. The minimum atomic E-state index is -4.41. The number of hydrogen-bond acceptors (Lipinski definition) is 3. The summed E-state index contributed by atoms with van der Waals surface area (Å²) in [6.07, 6.45) is -2.74. The average molecular weight is 274 g/mol. The minimum Gasteiger partial charge on any atom is -0.493 e. The van der Waals surface area contributed by atoms with E-state index in [9.17, 15) is 18.0 Å². The van der Waals surface area contributed by atoms with Crippen molar-refractivity contribution in [2.24, 2.45) is 0 Å². The molecule has 0 atom stereocenters. The van der Waals surface area contributed by atoms with Crippen LogP contribution in [0.25, 0.3) is 0 Å². The van der Waals surface area contributed by atoms with Gasteiger partial charge in [-0.2, -0.15) is 13.2 Å². The van der Waals surface area contributed by atoms with E-state index in [1.54, 1.807) is 18.2 Å². The lowest BCUT2D eigenvalue weighted by Crippen LogP contribution is -2.20. The van der Waals surface area contributed by atoms with Crippen molar-refractivity contribution in [3.8, 4) is 5.75 Å².